The second-order valence-corrected chi connectivity index (χ2v) is 4.60. The highest BCUT2D eigenvalue weighted by Crippen LogP contribution is 2.35. The van der Waals surface area contributed by atoms with Gasteiger partial charge in [0.15, 0.2) is 0 Å². The van der Waals surface area contributed by atoms with Crippen LogP contribution in [-0.4, -0.2) is 4.98 Å². The minimum Gasteiger partial charge on any atom is -0.455 e. The second-order valence-electron chi connectivity index (χ2n) is 4.24. The largest absolute Gasteiger partial charge is 0.455 e. The zero-order chi connectivity index (χ0) is 12.1. The number of halogens is 1. The van der Waals surface area contributed by atoms with Crippen LogP contribution in [0.4, 0.5) is 0 Å². The first-order chi connectivity index (χ1) is 8.84. The topological polar surface area (TPSA) is 26.0 Å². The summed E-state index contributed by atoms with van der Waals surface area (Å²) < 4.78 is 5.92. The Hall–Kier alpha value is -2.06. The SMILES string of the molecule is Clc1nccc2ccc3c4ccccc4oc3c12. The molecule has 0 aliphatic heterocycles. The van der Waals surface area contributed by atoms with E-state index in [0.717, 1.165) is 32.7 Å². The quantitative estimate of drug-likeness (QED) is 0.421. The molecule has 0 aliphatic rings. The third-order valence-electron chi connectivity index (χ3n) is 3.23. The number of aromatic nitrogens is 1. The second kappa shape index (κ2) is 3.47. The van der Waals surface area contributed by atoms with Gasteiger partial charge in [-0.25, -0.2) is 4.98 Å². The number of furan rings is 1. The molecule has 2 aromatic carbocycles. The van der Waals surface area contributed by atoms with Gasteiger partial charge >= 0.3 is 0 Å². The summed E-state index contributed by atoms with van der Waals surface area (Å²) in [6.07, 6.45) is 1.71. The lowest BCUT2D eigenvalue weighted by atomic mass is 10.1. The van der Waals surface area contributed by atoms with E-state index in [4.69, 9.17) is 16.0 Å². The van der Waals surface area contributed by atoms with E-state index in [1.807, 2.05) is 30.3 Å². The summed E-state index contributed by atoms with van der Waals surface area (Å²) in [5.41, 5.74) is 1.69. The first kappa shape index (κ1) is 9.92. The monoisotopic (exact) mass is 253 g/mol. The van der Waals surface area contributed by atoms with Gasteiger partial charge in [-0.15, -0.1) is 0 Å². The summed E-state index contributed by atoms with van der Waals surface area (Å²) in [6, 6.07) is 14.0. The van der Waals surface area contributed by atoms with Gasteiger partial charge in [-0.1, -0.05) is 35.9 Å². The van der Waals surface area contributed by atoms with Crippen molar-refractivity contribution in [3.63, 3.8) is 0 Å². The van der Waals surface area contributed by atoms with Gasteiger partial charge in [0.1, 0.15) is 16.3 Å². The minimum absolute atomic E-state index is 0.483. The first-order valence-electron chi connectivity index (χ1n) is 5.69. The summed E-state index contributed by atoms with van der Waals surface area (Å²) in [6.45, 7) is 0. The number of hydrogen-bond acceptors (Lipinski definition) is 2. The lowest BCUT2D eigenvalue weighted by Crippen LogP contribution is -1.79. The van der Waals surface area contributed by atoms with Crippen LogP contribution < -0.4 is 0 Å². The Labute approximate surface area is 108 Å². The van der Waals surface area contributed by atoms with Crippen molar-refractivity contribution in [3.05, 3.63) is 53.8 Å². The highest BCUT2D eigenvalue weighted by atomic mass is 35.5. The van der Waals surface area contributed by atoms with Gasteiger partial charge in [-0.2, -0.15) is 0 Å². The molecule has 0 atom stereocenters. The Bertz CT molecular complexity index is 895. The normalized spacial score (nSPS) is 11.6. The fourth-order valence-electron chi connectivity index (χ4n) is 2.40. The lowest BCUT2D eigenvalue weighted by molar-refractivity contribution is 0.672. The fraction of sp³-hybridized carbons (Fsp3) is 0. The van der Waals surface area contributed by atoms with Gasteiger partial charge in [-0.05, 0) is 23.6 Å². The maximum Gasteiger partial charge on any atom is 0.146 e. The Kier molecular flexibility index (Phi) is 1.91. The number of benzene rings is 2. The molecule has 0 bridgehead atoms. The van der Waals surface area contributed by atoms with Crippen LogP contribution >= 0.6 is 11.6 Å². The van der Waals surface area contributed by atoms with E-state index in [1.54, 1.807) is 6.20 Å². The molecule has 18 heavy (non-hydrogen) atoms. The highest BCUT2D eigenvalue weighted by molar-refractivity contribution is 6.36. The van der Waals surface area contributed by atoms with Crippen LogP contribution in [0.3, 0.4) is 0 Å². The minimum atomic E-state index is 0.483. The molecule has 0 radical (unpaired) electrons. The van der Waals surface area contributed by atoms with Gasteiger partial charge < -0.3 is 4.42 Å². The highest BCUT2D eigenvalue weighted by Gasteiger charge is 2.12. The predicted molar refractivity (Wildman–Crippen MR) is 74.0 cm³/mol. The van der Waals surface area contributed by atoms with E-state index in [9.17, 15) is 0 Å². The molecule has 2 aromatic heterocycles. The van der Waals surface area contributed by atoms with Crippen LogP contribution in [0.5, 0.6) is 0 Å². The average Bonchev–Trinajstić information content (AvgIpc) is 2.77. The Morgan fingerprint density at radius 1 is 0.944 bits per heavy atom. The van der Waals surface area contributed by atoms with Gasteiger partial charge in [0.05, 0.1) is 5.39 Å². The van der Waals surface area contributed by atoms with Gasteiger partial charge in [-0.3, -0.25) is 0 Å². The number of para-hydroxylation sites is 1. The molecule has 0 aliphatic carbocycles. The van der Waals surface area contributed by atoms with Crippen LogP contribution in [0, 0.1) is 0 Å². The van der Waals surface area contributed by atoms with E-state index in [2.05, 4.69) is 17.1 Å². The molecule has 0 amide bonds. The molecule has 2 heterocycles. The van der Waals surface area contributed by atoms with Crippen molar-refractivity contribution in [2.75, 3.05) is 0 Å². The summed E-state index contributed by atoms with van der Waals surface area (Å²) in [5.74, 6) is 0. The van der Waals surface area contributed by atoms with Crippen LogP contribution in [-0.2, 0) is 0 Å². The molecule has 86 valence electrons. The molecule has 0 saturated carbocycles. The van der Waals surface area contributed by atoms with Crippen LogP contribution in [0.25, 0.3) is 32.7 Å². The molecule has 0 spiro atoms. The molecular formula is C15H8ClNO. The molecule has 0 fully saturated rings. The molecule has 4 rings (SSSR count). The van der Waals surface area contributed by atoms with Crippen molar-refractivity contribution in [1.29, 1.82) is 0 Å². The van der Waals surface area contributed by atoms with Crippen molar-refractivity contribution in [3.8, 4) is 0 Å². The van der Waals surface area contributed by atoms with Crippen molar-refractivity contribution in [1.82, 2.24) is 4.98 Å². The molecule has 3 heteroatoms. The number of nitrogens with zero attached hydrogens (tertiary/aromatic N) is 1. The van der Waals surface area contributed by atoms with Crippen molar-refractivity contribution >= 4 is 44.3 Å². The maximum atomic E-state index is 6.19. The van der Waals surface area contributed by atoms with E-state index >= 15 is 0 Å². The molecule has 0 unspecified atom stereocenters. The van der Waals surface area contributed by atoms with E-state index in [-0.39, 0.29) is 0 Å². The van der Waals surface area contributed by atoms with E-state index in [0.29, 0.717) is 5.15 Å². The Balaban J connectivity index is 2.35. The lowest BCUT2D eigenvalue weighted by Gasteiger charge is -1.99. The molecule has 0 N–H and O–H groups in total. The van der Waals surface area contributed by atoms with Crippen LogP contribution in [0.2, 0.25) is 5.15 Å². The summed E-state index contributed by atoms with van der Waals surface area (Å²) in [4.78, 5) is 4.13. The predicted octanol–water partition coefficient (Wildman–Crippen LogP) is 4.79. The smallest absolute Gasteiger partial charge is 0.146 e. The van der Waals surface area contributed by atoms with Crippen molar-refractivity contribution in [2.45, 2.75) is 0 Å². The summed E-state index contributed by atoms with van der Waals surface area (Å²) in [5, 5.41) is 4.59. The zero-order valence-electron chi connectivity index (χ0n) is 9.35. The molecule has 2 nitrogen and oxygen atoms in total. The maximum absolute atomic E-state index is 6.19. The number of hydrogen-bond donors (Lipinski definition) is 0. The molecule has 4 aromatic rings. The first-order valence-corrected chi connectivity index (χ1v) is 6.07. The number of rotatable bonds is 0. The Morgan fingerprint density at radius 2 is 1.83 bits per heavy atom. The van der Waals surface area contributed by atoms with Gasteiger partial charge in [0.25, 0.3) is 0 Å². The van der Waals surface area contributed by atoms with E-state index in [1.165, 1.54) is 0 Å². The van der Waals surface area contributed by atoms with Crippen molar-refractivity contribution < 1.29 is 4.42 Å². The Morgan fingerprint density at radius 3 is 2.78 bits per heavy atom. The standard InChI is InChI=1S/C15H8ClNO/c16-15-13-9(7-8-17-15)5-6-11-10-3-1-2-4-12(10)18-14(11)13/h1-8H. The third kappa shape index (κ3) is 1.21. The number of pyridine rings is 1. The van der Waals surface area contributed by atoms with E-state index < -0.39 is 0 Å². The van der Waals surface area contributed by atoms with Crippen LogP contribution in [0.15, 0.2) is 53.1 Å². The molecular weight excluding hydrogens is 246 g/mol. The van der Waals surface area contributed by atoms with Gasteiger partial charge in [0, 0.05) is 17.0 Å². The zero-order valence-corrected chi connectivity index (χ0v) is 10.1. The van der Waals surface area contributed by atoms with Crippen LogP contribution in [0.1, 0.15) is 0 Å². The third-order valence-corrected chi connectivity index (χ3v) is 3.51. The van der Waals surface area contributed by atoms with Gasteiger partial charge in [0.2, 0.25) is 0 Å². The summed E-state index contributed by atoms with van der Waals surface area (Å²) in [7, 11) is 0. The molecule has 0 saturated heterocycles. The fourth-order valence-corrected chi connectivity index (χ4v) is 2.65. The summed E-state index contributed by atoms with van der Waals surface area (Å²) >= 11 is 6.19. The van der Waals surface area contributed by atoms with Crippen molar-refractivity contribution in [2.24, 2.45) is 0 Å². The number of fused-ring (bicyclic) bond motifs is 5. The average molecular weight is 254 g/mol.